The number of benzene rings is 3. The molecule has 0 radical (unpaired) electrons. The van der Waals surface area contributed by atoms with Gasteiger partial charge in [0.15, 0.2) is 0 Å². The van der Waals surface area contributed by atoms with Crippen LogP contribution < -0.4 is 4.74 Å². The van der Waals surface area contributed by atoms with Crippen LogP contribution in [0.5, 0.6) is 11.5 Å². The van der Waals surface area contributed by atoms with E-state index in [1.165, 1.54) is 24.8 Å². The lowest BCUT2D eigenvalue weighted by Gasteiger charge is -2.32. The molecule has 0 bridgehead atoms. The third kappa shape index (κ3) is 4.68. The number of methoxy groups -OCH3 is 1. The van der Waals surface area contributed by atoms with E-state index in [0.29, 0.717) is 16.5 Å². The van der Waals surface area contributed by atoms with Crippen molar-refractivity contribution in [3.63, 3.8) is 0 Å². The lowest BCUT2D eigenvalue weighted by atomic mass is 9.90. The third-order valence-electron chi connectivity index (χ3n) is 6.11. The molecule has 1 heterocycles. The zero-order valence-corrected chi connectivity index (χ0v) is 17.7. The summed E-state index contributed by atoms with van der Waals surface area (Å²) in [4.78, 5) is 2.52. The molecular formula is C25H28ClNO2. The summed E-state index contributed by atoms with van der Waals surface area (Å²) in [5.74, 6) is 1.72. The second-order valence-electron chi connectivity index (χ2n) is 8.01. The standard InChI is InChI=1S/C25H28ClNO2/c1-29-24-8-7-20-16-21(23(28)17-22(20)25(24)26)11-14-27-12-9-19(10-13-27)15-18-5-3-2-4-6-18/h2-8,16-17,19,28H,9-15H2,1H3. The average molecular weight is 410 g/mol. The first-order valence-corrected chi connectivity index (χ1v) is 10.8. The van der Waals surface area contributed by atoms with Crippen molar-refractivity contribution in [1.29, 1.82) is 0 Å². The Morgan fingerprint density at radius 2 is 1.83 bits per heavy atom. The Kier molecular flexibility index (Phi) is 6.27. The zero-order chi connectivity index (χ0) is 20.2. The van der Waals surface area contributed by atoms with Crippen molar-refractivity contribution >= 4 is 22.4 Å². The van der Waals surface area contributed by atoms with Crippen LogP contribution in [0.3, 0.4) is 0 Å². The van der Waals surface area contributed by atoms with Gasteiger partial charge in [0, 0.05) is 11.9 Å². The minimum atomic E-state index is 0.312. The smallest absolute Gasteiger partial charge is 0.138 e. The van der Waals surface area contributed by atoms with Crippen molar-refractivity contribution in [2.45, 2.75) is 25.7 Å². The number of fused-ring (bicyclic) bond motifs is 1. The molecule has 1 aliphatic rings. The van der Waals surface area contributed by atoms with Gasteiger partial charge in [0.05, 0.1) is 12.1 Å². The molecule has 0 aliphatic carbocycles. The molecule has 1 fully saturated rings. The first kappa shape index (κ1) is 20.1. The maximum atomic E-state index is 10.5. The van der Waals surface area contributed by atoms with Crippen LogP contribution in [0.25, 0.3) is 10.8 Å². The van der Waals surface area contributed by atoms with Gasteiger partial charge in [0.2, 0.25) is 0 Å². The Morgan fingerprint density at radius 1 is 1.07 bits per heavy atom. The van der Waals surface area contributed by atoms with Crippen molar-refractivity contribution in [2.24, 2.45) is 5.92 Å². The second-order valence-corrected chi connectivity index (χ2v) is 8.39. The molecule has 1 saturated heterocycles. The first-order valence-electron chi connectivity index (χ1n) is 10.4. The quantitative estimate of drug-likeness (QED) is 0.566. The maximum absolute atomic E-state index is 10.5. The number of halogens is 1. The molecule has 0 spiro atoms. The molecule has 1 N–H and O–H groups in total. The Labute approximate surface area is 177 Å². The van der Waals surface area contributed by atoms with Crippen molar-refractivity contribution in [1.82, 2.24) is 4.90 Å². The number of ether oxygens (including phenoxy) is 1. The number of nitrogens with zero attached hydrogens (tertiary/aromatic N) is 1. The number of aromatic hydroxyl groups is 1. The van der Waals surface area contributed by atoms with Crippen LogP contribution in [0.15, 0.2) is 54.6 Å². The van der Waals surface area contributed by atoms with Crippen molar-refractivity contribution in [3.8, 4) is 11.5 Å². The van der Waals surface area contributed by atoms with Crippen LogP contribution in [-0.2, 0) is 12.8 Å². The van der Waals surface area contributed by atoms with Gasteiger partial charge in [-0.15, -0.1) is 0 Å². The Hall–Kier alpha value is -2.23. The highest BCUT2D eigenvalue weighted by molar-refractivity contribution is 6.37. The van der Waals surface area contributed by atoms with E-state index in [4.69, 9.17) is 16.3 Å². The van der Waals surface area contributed by atoms with Gasteiger partial charge in [-0.1, -0.05) is 48.0 Å². The molecule has 4 rings (SSSR count). The fraction of sp³-hybridized carbons (Fsp3) is 0.360. The number of piperidine rings is 1. The maximum Gasteiger partial charge on any atom is 0.138 e. The minimum Gasteiger partial charge on any atom is -0.508 e. The lowest BCUT2D eigenvalue weighted by Crippen LogP contribution is -2.35. The van der Waals surface area contributed by atoms with Crippen molar-refractivity contribution in [2.75, 3.05) is 26.7 Å². The normalized spacial score (nSPS) is 15.7. The number of rotatable bonds is 6. The van der Waals surface area contributed by atoms with Crippen LogP contribution in [0.2, 0.25) is 5.02 Å². The Bertz CT molecular complexity index is 965. The van der Waals surface area contributed by atoms with Crippen LogP contribution >= 0.6 is 11.6 Å². The summed E-state index contributed by atoms with van der Waals surface area (Å²) in [7, 11) is 1.60. The van der Waals surface area contributed by atoms with Crippen molar-refractivity contribution in [3.05, 3.63) is 70.7 Å². The summed E-state index contributed by atoms with van der Waals surface area (Å²) in [5, 5.41) is 12.9. The molecule has 152 valence electrons. The Balaban J connectivity index is 1.35. The lowest BCUT2D eigenvalue weighted by molar-refractivity contribution is 0.185. The minimum absolute atomic E-state index is 0.312. The molecular weight excluding hydrogens is 382 g/mol. The van der Waals surface area contributed by atoms with E-state index in [2.05, 4.69) is 41.3 Å². The number of phenolic OH excluding ortho intramolecular Hbond substituents is 1. The topological polar surface area (TPSA) is 32.7 Å². The summed E-state index contributed by atoms with van der Waals surface area (Å²) < 4.78 is 5.28. The highest BCUT2D eigenvalue weighted by atomic mass is 35.5. The molecule has 3 aromatic rings. The molecule has 3 nitrogen and oxygen atoms in total. The van der Waals surface area contributed by atoms with Gasteiger partial charge in [-0.25, -0.2) is 0 Å². The molecule has 0 aromatic heterocycles. The van der Waals surface area contributed by atoms with Gasteiger partial charge in [0.1, 0.15) is 11.5 Å². The Morgan fingerprint density at radius 3 is 2.55 bits per heavy atom. The van der Waals surface area contributed by atoms with Crippen LogP contribution in [0, 0.1) is 5.92 Å². The van der Waals surface area contributed by atoms with Crippen LogP contribution in [-0.4, -0.2) is 36.8 Å². The summed E-state index contributed by atoms with van der Waals surface area (Å²) in [6, 6.07) is 18.5. The monoisotopic (exact) mass is 409 g/mol. The molecule has 0 amide bonds. The fourth-order valence-electron chi connectivity index (χ4n) is 4.35. The van der Waals surface area contributed by atoms with Gasteiger partial charge in [-0.2, -0.15) is 0 Å². The van der Waals surface area contributed by atoms with Gasteiger partial charge in [-0.05, 0) is 79.4 Å². The van der Waals surface area contributed by atoms with E-state index in [1.807, 2.05) is 12.1 Å². The molecule has 1 aliphatic heterocycles. The highest BCUT2D eigenvalue weighted by Crippen LogP contribution is 2.36. The average Bonchev–Trinajstić information content (AvgIpc) is 2.75. The summed E-state index contributed by atoms with van der Waals surface area (Å²) >= 11 is 6.39. The first-order chi connectivity index (χ1) is 14.1. The fourth-order valence-corrected chi connectivity index (χ4v) is 4.65. The number of phenols is 1. The summed E-state index contributed by atoms with van der Waals surface area (Å²) in [5.41, 5.74) is 2.42. The van der Waals surface area contributed by atoms with Crippen molar-refractivity contribution < 1.29 is 9.84 Å². The third-order valence-corrected chi connectivity index (χ3v) is 6.50. The van der Waals surface area contributed by atoms with Crippen LogP contribution in [0.4, 0.5) is 0 Å². The second kappa shape index (κ2) is 9.06. The SMILES string of the molecule is COc1ccc2cc(CCN3CCC(Cc4ccccc4)CC3)c(O)cc2c1Cl. The van der Waals surface area contributed by atoms with Gasteiger partial charge < -0.3 is 14.7 Å². The molecule has 4 heteroatoms. The molecule has 0 saturated carbocycles. The van der Waals surface area contributed by atoms with E-state index in [-0.39, 0.29) is 0 Å². The highest BCUT2D eigenvalue weighted by Gasteiger charge is 2.20. The predicted octanol–water partition coefficient (Wildman–Crippen LogP) is 5.70. The molecule has 29 heavy (non-hydrogen) atoms. The molecule has 0 unspecified atom stereocenters. The largest absolute Gasteiger partial charge is 0.508 e. The molecule has 0 atom stereocenters. The molecule has 3 aromatic carbocycles. The van der Waals surface area contributed by atoms with Gasteiger partial charge >= 0.3 is 0 Å². The number of hydrogen-bond acceptors (Lipinski definition) is 3. The van der Waals surface area contributed by atoms with E-state index in [0.717, 1.165) is 48.3 Å². The summed E-state index contributed by atoms with van der Waals surface area (Å²) in [6.07, 6.45) is 4.52. The number of hydrogen-bond donors (Lipinski definition) is 1. The predicted molar refractivity (Wildman–Crippen MR) is 120 cm³/mol. The summed E-state index contributed by atoms with van der Waals surface area (Å²) in [6.45, 7) is 3.24. The number of likely N-dealkylation sites (tertiary alicyclic amines) is 1. The van der Waals surface area contributed by atoms with E-state index >= 15 is 0 Å². The van der Waals surface area contributed by atoms with Gasteiger partial charge in [-0.3, -0.25) is 0 Å². The van der Waals surface area contributed by atoms with E-state index in [9.17, 15) is 5.11 Å². The zero-order valence-electron chi connectivity index (χ0n) is 16.9. The van der Waals surface area contributed by atoms with E-state index in [1.54, 1.807) is 13.2 Å². The van der Waals surface area contributed by atoms with Crippen LogP contribution in [0.1, 0.15) is 24.0 Å². The van der Waals surface area contributed by atoms with Gasteiger partial charge in [0.25, 0.3) is 0 Å². The van der Waals surface area contributed by atoms with E-state index < -0.39 is 0 Å².